The molecule has 0 atom stereocenters. The van der Waals surface area contributed by atoms with E-state index in [0.717, 1.165) is 17.9 Å². The van der Waals surface area contributed by atoms with Crippen molar-refractivity contribution in [1.29, 1.82) is 0 Å². The highest BCUT2D eigenvalue weighted by Gasteiger charge is 2.36. The van der Waals surface area contributed by atoms with Crippen molar-refractivity contribution in [1.82, 2.24) is 14.2 Å². The zero-order valence-electron chi connectivity index (χ0n) is 12.9. The molecule has 0 saturated heterocycles. The monoisotopic (exact) mass is 351 g/mol. The van der Waals surface area contributed by atoms with Gasteiger partial charge in [-0.25, -0.2) is 18.7 Å². The molecular weight excluding hydrogens is 339 g/mol. The van der Waals surface area contributed by atoms with E-state index in [2.05, 4.69) is 9.84 Å². The summed E-state index contributed by atoms with van der Waals surface area (Å²) in [6, 6.07) is 10.3. The second kappa shape index (κ2) is 6.08. The van der Waals surface area contributed by atoms with E-state index in [0.29, 0.717) is 16.0 Å². The summed E-state index contributed by atoms with van der Waals surface area (Å²) in [7, 11) is 1.09. The molecule has 9 heteroatoms. The van der Waals surface area contributed by atoms with Crippen LogP contribution in [0.5, 0.6) is 0 Å². The van der Waals surface area contributed by atoms with Crippen LogP contribution in [0.1, 0.15) is 21.6 Å². The summed E-state index contributed by atoms with van der Waals surface area (Å²) >= 11 is 0. The molecule has 0 amide bonds. The molecule has 1 aromatic carbocycles. The van der Waals surface area contributed by atoms with Crippen molar-refractivity contribution in [3.05, 3.63) is 69.8 Å². The van der Waals surface area contributed by atoms with Gasteiger partial charge in [0.1, 0.15) is 11.3 Å². The van der Waals surface area contributed by atoms with E-state index in [4.69, 9.17) is 0 Å². The third-order valence-electron chi connectivity index (χ3n) is 3.60. The van der Waals surface area contributed by atoms with Gasteiger partial charge in [0.15, 0.2) is 5.65 Å². The molecule has 2 heterocycles. The number of alkyl halides is 3. The van der Waals surface area contributed by atoms with Gasteiger partial charge in [0.25, 0.3) is 0 Å². The second-order valence-corrected chi connectivity index (χ2v) is 5.21. The van der Waals surface area contributed by atoms with Crippen LogP contribution in [0.3, 0.4) is 0 Å². The molecule has 3 rings (SSSR count). The fourth-order valence-electron chi connectivity index (χ4n) is 2.46. The number of hydrogen-bond acceptors (Lipinski definition) is 4. The van der Waals surface area contributed by atoms with Gasteiger partial charge in [-0.05, 0) is 17.7 Å². The van der Waals surface area contributed by atoms with Gasteiger partial charge in [-0.2, -0.15) is 13.2 Å². The highest BCUT2D eigenvalue weighted by Crippen LogP contribution is 2.29. The van der Waals surface area contributed by atoms with Gasteiger partial charge < -0.3 is 4.74 Å². The smallest absolute Gasteiger partial charge is 0.431 e. The molecule has 3 aromatic rings. The summed E-state index contributed by atoms with van der Waals surface area (Å²) in [5, 5.41) is 3.92. The molecular formula is C16H12F3N3O3. The molecule has 130 valence electrons. The fourth-order valence-corrected chi connectivity index (χ4v) is 2.46. The molecule has 2 aromatic heterocycles. The number of hydrogen-bond donors (Lipinski definition) is 0. The average molecular weight is 351 g/mol. The number of esters is 1. The average Bonchev–Trinajstić information content (AvgIpc) is 2.90. The van der Waals surface area contributed by atoms with Crippen molar-refractivity contribution in [3.8, 4) is 0 Å². The summed E-state index contributed by atoms with van der Waals surface area (Å²) < 4.78 is 45.5. The van der Waals surface area contributed by atoms with Crippen LogP contribution in [0, 0.1) is 0 Å². The molecule has 0 spiro atoms. The number of methoxy groups -OCH3 is 1. The Balaban J connectivity index is 2.26. The minimum atomic E-state index is -4.78. The van der Waals surface area contributed by atoms with Crippen molar-refractivity contribution in [2.45, 2.75) is 12.7 Å². The summed E-state index contributed by atoms with van der Waals surface area (Å²) in [4.78, 5) is 24.3. The largest absolute Gasteiger partial charge is 0.465 e. The number of halogens is 3. The third-order valence-corrected chi connectivity index (χ3v) is 3.60. The van der Waals surface area contributed by atoms with Crippen LogP contribution < -0.4 is 5.69 Å². The first-order chi connectivity index (χ1) is 11.8. The van der Waals surface area contributed by atoms with E-state index in [1.54, 1.807) is 30.3 Å². The number of carbonyl (C=O) groups is 1. The van der Waals surface area contributed by atoms with Crippen LogP contribution in [-0.4, -0.2) is 27.3 Å². The molecule has 0 aliphatic carbocycles. The molecule has 0 fully saturated rings. The van der Waals surface area contributed by atoms with E-state index in [-0.39, 0.29) is 12.1 Å². The minimum absolute atomic E-state index is 0.0285. The van der Waals surface area contributed by atoms with Crippen LogP contribution in [0.4, 0.5) is 13.2 Å². The molecule has 0 radical (unpaired) electrons. The van der Waals surface area contributed by atoms with Gasteiger partial charge in [-0.1, -0.05) is 30.3 Å². The number of pyridine rings is 1. The lowest BCUT2D eigenvalue weighted by Crippen LogP contribution is -2.26. The van der Waals surface area contributed by atoms with Crippen molar-refractivity contribution in [3.63, 3.8) is 0 Å². The topological polar surface area (TPSA) is 65.6 Å². The summed E-state index contributed by atoms with van der Waals surface area (Å²) in [6.07, 6.45) is -4.78. The fraction of sp³-hybridized carbons (Fsp3) is 0.188. The van der Waals surface area contributed by atoms with Crippen molar-refractivity contribution in [2.75, 3.05) is 7.11 Å². The molecule has 0 bridgehead atoms. The van der Waals surface area contributed by atoms with Crippen LogP contribution in [-0.2, 0) is 17.5 Å². The number of nitrogens with zero attached hydrogens (tertiary/aromatic N) is 3. The zero-order chi connectivity index (χ0) is 18.2. The number of fused-ring (bicyclic) bond motifs is 1. The SMILES string of the molecule is COC(=O)c1ccc(C(F)(F)F)n2c(=O)n(Cc3ccccc3)nc12. The van der Waals surface area contributed by atoms with E-state index < -0.39 is 29.2 Å². The van der Waals surface area contributed by atoms with Gasteiger partial charge in [-0.3, -0.25) is 0 Å². The third kappa shape index (κ3) is 3.00. The second-order valence-electron chi connectivity index (χ2n) is 5.21. The van der Waals surface area contributed by atoms with Crippen LogP contribution >= 0.6 is 0 Å². The molecule has 25 heavy (non-hydrogen) atoms. The Morgan fingerprint density at radius 3 is 2.44 bits per heavy atom. The van der Waals surface area contributed by atoms with Crippen molar-refractivity contribution in [2.24, 2.45) is 0 Å². The van der Waals surface area contributed by atoms with Gasteiger partial charge in [-0.15, -0.1) is 5.10 Å². The highest BCUT2D eigenvalue weighted by molar-refractivity contribution is 5.95. The number of ether oxygens (including phenoxy) is 1. The Bertz CT molecular complexity index is 991. The van der Waals surface area contributed by atoms with Gasteiger partial charge in [0, 0.05) is 0 Å². The lowest BCUT2D eigenvalue weighted by atomic mass is 10.2. The lowest BCUT2D eigenvalue weighted by molar-refractivity contribution is -0.142. The Kier molecular flexibility index (Phi) is 4.07. The number of benzene rings is 1. The Morgan fingerprint density at radius 2 is 1.84 bits per heavy atom. The Hall–Kier alpha value is -3.10. The molecule has 0 N–H and O–H groups in total. The van der Waals surface area contributed by atoms with E-state index in [1.807, 2.05) is 0 Å². The van der Waals surface area contributed by atoms with Crippen molar-refractivity contribution >= 4 is 11.6 Å². The normalized spacial score (nSPS) is 11.7. The van der Waals surface area contributed by atoms with Gasteiger partial charge in [0.2, 0.25) is 0 Å². The first-order valence-electron chi connectivity index (χ1n) is 7.15. The summed E-state index contributed by atoms with van der Waals surface area (Å²) in [5.74, 6) is -0.879. The maximum absolute atomic E-state index is 13.2. The highest BCUT2D eigenvalue weighted by atomic mass is 19.4. The zero-order valence-corrected chi connectivity index (χ0v) is 12.9. The molecule has 6 nitrogen and oxygen atoms in total. The van der Waals surface area contributed by atoms with E-state index in [1.165, 1.54) is 0 Å². The standard InChI is InChI=1S/C16H12F3N3O3/c1-25-14(23)11-7-8-12(16(17,18)19)22-13(11)20-21(15(22)24)9-10-5-3-2-4-6-10/h2-8H,9H2,1H3. The number of aromatic nitrogens is 3. The van der Waals surface area contributed by atoms with Crippen LogP contribution in [0.15, 0.2) is 47.3 Å². The van der Waals surface area contributed by atoms with Gasteiger partial charge >= 0.3 is 17.8 Å². The number of rotatable bonds is 3. The van der Waals surface area contributed by atoms with E-state index >= 15 is 0 Å². The predicted molar refractivity (Wildman–Crippen MR) is 81.3 cm³/mol. The maximum atomic E-state index is 13.2. The van der Waals surface area contributed by atoms with Gasteiger partial charge in [0.05, 0.1) is 13.7 Å². The molecule has 0 aliphatic rings. The predicted octanol–water partition coefficient (Wildman–Crippen LogP) is 2.35. The minimum Gasteiger partial charge on any atom is -0.465 e. The maximum Gasteiger partial charge on any atom is 0.431 e. The lowest BCUT2D eigenvalue weighted by Gasteiger charge is -2.09. The van der Waals surface area contributed by atoms with Crippen LogP contribution in [0.2, 0.25) is 0 Å². The Labute approximate surface area is 139 Å². The number of carbonyl (C=O) groups excluding carboxylic acids is 1. The first kappa shape index (κ1) is 16.7. The molecule has 0 saturated carbocycles. The van der Waals surface area contributed by atoms with Crippen LogP contribution in [0.25, 0.3) is 5.65 Å². The summed E-state index contributed by atoms with van der Waals surface area (Å²) in [6.45, 7) is -0.0285. The molecule has 0 unspecified atom stereocenters. The van der Waals surface area contributed by atoms with Crippen molar-refractivity contribution < 1.29 is 22.7 Å². The quantitative estimate of drug-likeness (QED) is 0.680. The molecule has 0 aliphatic heterocycles. The Morgan fingerprint density at radius 1 is 1.16 bits per heavy atom. The first-order valence-corrected chi connectivity index (χ1v) is 7.15. The van der Waals surface area contributed by atoms with E-state index in [9.17, 15) is 22.8 Å². The summed E-state index contributed by atoms with van der Waals surface area (Å²) in [5.41, 5.74) is -2.14.